The Morgan fingerprint density at radius 3 is 2.84 bits per heavy atom. The van der Waals surface area contributed by atoms with Gasteiger partial charge in [-0.3, -0.25) is 4.79 Å². The van der Waals surface area contributed by atoms with Crippen LogP contribution in [0.3, 0.4) is 0 Å². The average molecular weight is 264 g/mol. The maximum atomic E-state index is 11.9. The highest BCUT2D eigenvalue weighted by Crippen LogP contribution is 2.28. The summed E-state index contributed by atoms with van der Waals surface area (Å²) < 4.78 is 1.97. The topological polar surface area (TPSA) is 72.9 Å². The second kappa shape index (κ2) is 6.19. The quantitative estimate of drug-likeness (QED) is 0.837. The van der Waals surface area contributed by atoms with Crippen LogP contribution in [0.1, 0.15) is 44.3 Å². The van der Waals surface area contributed by atoms with Gasteiger partial charge in [-0.15, -0.1) is 0 Å². The summed E-state index contributed by atoms with van der Waals surface area (Å²) in [4.78, 5) is 16.1. The number of imidazole rings is 1. The molecule has 1 aromatic heterocycles. The lowest BCUT2D eigenvalue weighted by atomic mass is 9.80. The first-order chi connectivity index (χ1) is 9.09. The van der Waals surface area contributed by atoms with Crippen molar-refractivity contribution in [3.8, 4) is 0 Å². The van der Waals surface area contributed by atoms with Crippen molar-refractivity contribution >= 4 is 5.91 Å². The normalized spacial score (nSPS) is 18.2. The Bertz CT molecular complexity index is 421. The molecule has 1 aliphatic rings. The molecule has 2 rings (SSSR count). The highest BCUT2D eigenvalue weighted by molar-refractivity contribution is 5.77. The zero-order valence-electron chi connectivity index (χ0n) is 11.7. The molecule has 1 heterocycles. The van der Waals surface area contributed by atoms with Crippen LogP contribution in [-0.2, 0) is 18.3 Å². The van der Waals surface area contributed by atoms with Crippen LogP contribution < -0.4 is 11.1 Å². The van der Waals surface area contributed by atoms with Crippen LogP contribution in [0.15, 0.2) is 12.4 Å². The van der Waals surface area contributed by atoms with Crippen LogP contribution in [0, 0.1) is 0 Å². The molecule has 3 N–H and O–H groups in total. The second-order valence-electron chi connectivity index (χ2n) is 5.65. The van der Waals surface area contributed by atoms with E-state index in [1.54, 1.807) is 6.20 Å². The number of carbonyl (C=O) groups excluding carboxylic acids is 1. The molecule has 0 bridgehead atoms. The fraction of sp³-hybridized carbons (Fsp3) is 0.714. The van der Waals surface area contributed by atoms with Gasteiger partial charge in [-0.2, -0.15) is 0 Å². The predicted molar refractivity (Wildman–Crippen MR) is 74.5 cm³/mol. The van der Waals surface area contributed by atoms with E-state index in [9.17, 15) is 4.79 Å². The van der Waals surface area contributed by atoms with Gasteiger partial charge in [0.15, 0.2) is 0 Å². The van der Waals surface area contributed by atoms with Gasteiger partial charge >= 0.3 is 0 Å². The fourth-order valence-corrected chi connectivity index (χ4v) is 2.77. The van der Waals surface area contributed by atoms with Crippen LogP contribution >= 0.6 is 0 Å². The molecule has 1 aromatic rings. The molecular weight excluding hydrogens is 240 g/mol. The van der Waals surface area contributed by atoms with Gasteiger partial charge in [0.05, 0.1) is 0 Å². The molecule has 106 valence electrons. The summed E-state index contributed by atoms with van der Waals surface area (Å²) in [6.45, 7) is 0.625. The first kappa shape index (κ1) is 14.1. The molecule has 0 saturated heterocycles. The molecule has 19 heavy (non-hydrogen) atoms. The molecular formula is C14H24N4O. The van der Waals surface area contributed by atoms with E-state index in [1.807, 2.05) is 17.8 Å². The lowest BCUT2D eigenvalue weighted by molar-refractivity contribution is -0.122. The van der Waals surface area contributed by atoms with Crippen LogP contribution in [0.4, 0.5) is 0 Å². The summed E-state index contributed by atoms with van der Waals surface area (Å²) in [6.07, 6.45) is 10.4. The van der Waals surface area contributed by atoms with Crippen LogP contribution in [0.25, 0.3) is 0 Å². The van der Waals surface area contributed by atoms with E-state index in [0.29, 0.717) is 13.0 Å². The van der Waals surface area contributed by atoms with E-state index in [1.165, 1.54) is 6.42 Å². The minimum absolute atomic E-state index is 0.0682. The van der Waals surface area contributed by atoms with Gasteiger partial charge in [-0.25, -0.2) is 4.98 Å². The van der Waals surface area contributed by atoms with Gasteiger partial charge in [0, 0.05) is 44.4 Å². The molecule has 1 amide bonds. The maximum Gasteiger partial charge on any atom is 0.221 e. The van der Waals surface area contributed by atoms with E-state index >= 15 is 0 Å². The van der Waals surface area contributed by atoms with Crippen molar-refractivity contribution in [1.82, 2.24) is 14.9 Å². The minimum Gasteiger partial charge on any atom is -0.356 e. The largest absolute Gasteiger partial charge is 0.356 e. The number of hydrogen-bond acceptors (Lipinski definition) is 3. The fourth-order valence-electron chi connectivity index (χ4n) is 2.77. The third-order valence-corrected chi connectivity index (χ3v) is 3.95. The van der Waals surface area contributed by atoms with E-state index in [2.05, 4.69) is 10.3 Å². The molecule has 5 heteroatoms. The van der Waals surface area contributed by atoms with Crippen molar-refractivity contribution in [2.24, 2.45) is 12.8 Å². The average Bonchev–Trinajstić information content (AvgIpc) is 2.75. The third kappa shape index (κ3) is 4.06. The molecule has 0 radical (unpaired) electrons. The Morgan fingerprint density at radius 2 is 2.21 bits per heavy atom. The smallest absolute Gasteiger partial charge is 0.221 e. The van der Waals surface area contributed by atoms with Crippen molar-refractivity contribution in [3.05, 3.63) is 18.2 Å². The molecule has 1 aliphatic carbocycles. The van der Waals surface area contributed by atoms with E-state index < -0.39 is 0 Å². The molecule has 0 unspecified atom stereocenters. The molecule has 0 spiro atoms. The van der Waals surface area contributed by atoms with Crippen molar-refractivity contribution in [2.75, 3.05) is 6.54 Å². The lowest BCUT2D eigenvalue weighted by Gasteiger charge is -2.32. The van der Waals surface area contributed by atoms with Crippen molar-refractivity contribution in [2.45, 2.75) is 50.5 Å². The molecule has 1 fully saturated rings. The lowest BCUT2D eigenvalue weighted by Crippen LogP contribution is -2.46. The van der Waals surface area contributed by atoms with E-state index in [4.69, 9.17) is 5.73 Å². The molecule has 5 nitrogen and oxygen atoms in total. The van der Waals surface area contributed by atoms with Crippen molar-refractivity contribution in [1.29, 1.82) is 0 Å². The number of aromatic nitrogens is 2. The number of amides is 1. The number of hydrogen-bond donors (Lipinski definition) is 2. The van der Waals surface area contributed by atoms with Crippen LogP contribution in [0.5, 0.6) is 0 Å². The Morgan fingerprint density at radius 1 is 1.47 bits per heavy atom. The van der Waals surface area contributed by atoms with Crippen molar-refractivity contribution in [3.63, 3.8) is 0 Å². The monoisotopic (exact) mass is 264 g/mol. The Balaban J connectivity index is 1.71. The third-order valence-electron chi connectivity index (χ3n) is 3.95. The predicted octanol–water partition coefficient (Wildman–Crippen LogP) is 1.13. The summed E-state index contributed by atoms with van der Waals surface area (Å²) in [5.41, 5.74) is 6.00. The summed E-state index contributed by atoms with van der Waals surface area (Å²) in [5.74, 6) is 1.05. The number of nitrogens with two attached hydrogens (primary N) is 1. The first-order valence-electron chi connectivity index (χ1n) is 7.11. The number of nitrogens with one attached hydrogen (secondary N) is 1. The summed E-state index contributed by atoms with van der Waals surface area (Å²) in [5, 5.41) is 2.95. The zero-order valence-corrected chi connectivity index (χ0v) is 11.7. The number of aryl methyl sites for hydroxylation is 1. The van der Waals surface area contributed by atoms with Gasteiger partial charge in [-0.1, -0.05) is 19.3 Å². The molecule has 1 saturated carbocycles. The first-order valence-corrected chi connectivity index (χ1v) is 7.11. The molecule has 0 aliphatic heterocycles. The van der Waals surface area contributed by atoms with Crippen molar-refractivity contribution < 1.29 is 4.79 Å². The van der Waals surface area contributed by atoms with Crippen LogP contribution in [-0.4, -0.2) is 27.5 Å². The summed E-state index contributed by atoms with van der Waals surface area (Å²) in [7, 11) is 1.96. The SMILES string of the molecule is Cn1ccnc1CCNC(=O)CC1(N)CCCCC1. The Hall–Kier alpha value is -1.36. The van der Waals surface area contributed by atoms with E-state index in [0.717, 1.165) is 37.9 Å². The van der Waals surface area contributed by atoms with Gasteiger partial charge in [0.2, 0.25) is 5.91 Å². The number of rotatable bonds is 5. The highest BCUT2D eigenvalue weighted by Gasteiger charge is 2.29. The van der Waals surface area contributed by atoms with Gasteiger partial charge in [-0.05, 0) is 12.8 Å². The summed E-state index contributed by atoms with van der Waals surface area (Å²) in [6, 6.07) is 0. The number of carbonyl (C=O) groups is 1. The standard InChI is InChI=1S/C14H24N4O/c1-18-10-9-16-12(18)5-8-17-13(19)11-14(15)6-3-2-4-7-14/h9-10H,2-8,11,15H2,1H3,(H,17,19). The Kier molecular flexibility index (Phi) is 4.58. The van der Waals surface area contributed by atoms with E-state index in [-0.39, 0.29) is 11.4 Å². The van der Waals surface area contributed by atoms with Crippen LogP contribution in [0.2, 0.25) is 0 Å². The highest BCUT2D eigenvalue weighted by atomic mass is 16.1. The minimum atomic E-state index is -0.272. The zero-order chi connectivity index (χ0) is 13.7. The van der Waals surface area contributed by atoms with Gasteiger partial charge in [0.1, 0.15) is 5.82 Å². The Labute approximate surface area is 114 Å². The number of nitrogens with zero attached hydrogens (tertiary/aromatic N) is 2. The van der Waals surface area contributed by atoms with Gasteiger partial charge < -0.3 is 15.6 Å². The van der Waals surface area contributed by atoms with Gasteiger partial charge in [0.25, 0.3) is 0 Å². The molecule has 0 aromatic carbocycles. The summed E-state index contributed by atoms with van der Waals surface area (Å²) >= 11 is 0. The maximum absolute atomic E-state index is 11.9. The molecule has 0 atom stereocenters. The second-order valence-corrected chi connectivity index (χ2v) is 5.65.